The van der Waals surface area contributed by atoms with Gasteiger partial charge in [0.1, 0.15) is 0 Å². The van der Waals surface area contributed by atoms with Crippen LogP contribution in [0.15, 0.2) is 54.6 Å². The predicted octanol–water partition coefficient (Wildman–Crippen LogP) is 6.32. The van der Waals surface area contributed by atoms with Gasteiger partial charge in [0.15, 0.2) is 5.78 Å². The van der Waals surface area contributed by atoms with Crippen LogP contribution < -0.4 is 0 Å². The Morgan fingerprint density at radius 2 is 1.18 bits per heavy atom. The Labute approximate surface area is 135 Å². The minimum atomic E-state index is 0.0672. The minimum Gasteiger partial charge on any atom is -0.295 e. The van der Waals surface area contributed by atoms with Crippen LogP contribution in [-0.4, -0.2) is 5.78 Å². The van der Waals surface area contributed by atoms with E-state index in [2.05, 4.69) is 43.3 Å². The molecule has 0 heterocycles. The molecule has 0 aliphatic rings. The minimum absolute atomic E-state index is 0.0672. The summed E-state index contributed by atoms with van der Waals surface area (Å²) < 4.78 is 0. The highest BCUT2D eigenvalue weighted by molar-refractivity contribution is 5.91. The summed E-state index contributed by atoms with van der Waals surface area (Å²) in [6, 6.07) is 16.7. The van der Waals surface area contributed by atoms with E-state index >= 15 is 0 Å². The number of allylic oxidation sites excluding steroid dienone is 1. The highest BCUT2D eigenvalue weighted by Gasteiger charge is 1.96. The predicted molar refractivity (Wildman–Crippen MR) is 99.0 cm³/mol. The zero-order valence-corrected chi connectivity index (χ0v) is 14.7. The maximum absolute atomic E-state index is 10.9. The molecule has 0 saturated heterocycles. The van der Waals surface area contributed by atoms with Crippen LogP contribution in [0.25, 0.3) is 17.2 Å². The second kappa shape index (κ2) is 11.5. The summed E-state index contributed by atoms with van der Waals surface area (Å²) in [5.41, 5.74) is 4.71. The molecule has 0 radical (unpaired) electrons. The van der Waals surface area contributed by atoms with Gasteiger partial charge in [-0.1, -0.05) is 87.9 Å². The van der Waals surface area contributed by atoms with Crippen molar-refractivity contribution in [3.8, 4) is 11.1 Å². The average Bonchev–Trinajstić information content (AvgIpc) is 2.58. The van der Waals surface area contributed by atoms with Crippen molar-refractivity contribution < 1.29 is 4.79 Å². The Balaban J connectivity index is 0.00000102. The molecular formula is C21H28O. The summed E-state index contributed by atoms with van der Waals surface area (Å²) >= 11 is 0. The van der Waals surface area contributed by atoms with Crippen molar-refractivity contribution in [3.05, 3.63) is 65.7 Å². The van der Waals surface area contributed by atoms with E-state index in [1.807, 2.05) is 45.9 Å². The zero-order chi connectivity index (χ0) is 17.0. The van der Waals surface area contributed by atoms with E-state index in [0.29, 0.717) is 0 Å². The maximum Gasteiger partial charge on any atom is 0.152 e. The van der Waals surface area contributed by atoms with Crippen molar-refractivity contribution >= 4 is 11.9 Å². The first kappa shape index (κ1) is 19.9. The van der Waals surface area contributed by atoms with Crippen LogP contribution in [0, 0.1) is 6.92 Å². The number of hydrogen-bond acceptors (Lipinski definition) is 1. The standard InChI is InChI=1S/C17H16O.2C2H6/c1-13-3-9-16(10-4-13)17-11-7-15(8-12-17)6-5-14(2)18;2*1-2/h3-12H,1-2H3;2*1-2H3. The van der Waals surface area contributed by atoms with E-state index in [-0.39, 0.29) is 5.78 Å². The van der Waals surface area contributed by atoms with Gasteiger partial charge in [-0.3, -0.25) is 4.79 Å². The zero-order valence-electron chi connectivity index (χ0n) is 14.7. The number of carbonyl (C=O) groups excluding carboxylic acids is 1. The molecule has 0 N–H and O–H groups in total. The average molecular weight is 296 g/mol. The number of rotatable bonds is 3. The SMILES string of the molecule is CC.CC.CC(=O)C=Cc1ccc(-c2ccc(C)cc2)cc1. The second-order valence-electron chi connectivity index (χ2n) is 4.43. The first-order valence-corrected chi connectivity index (χ1v) is 8.01. The molecule has 1 nitrogen and oxygen atoms in total. The summed E-state index contributed by atoms with van der Waals surface area (Å²) in [7, 11) is 0. The Morgan fingerprint density at radius 1 is 0.773 bits per heavy atom. The molecule has 0 bridgehead atoms. The first-order chi connectivity index (χ1) is 10.6. The van der Waals surface area contributed by atoms with Crippen LogP contribution in [0.3, 0.4) is 0 Å². The molecule has 2 aromatic carbocycles. The van der Waals surface area contributed by atoms with E-state index in [0.717, 1.165) is 5.56 Å². The number of benzene rings is 2. The molecule has 22 heavy (non-hydrogen) atoms. The molecule has 0 fully saturated rings. The fourth-order valence-electron chi connectivity index (χ4n) is 1.75. The molecule has 0 spiro atoms. The van der Waals surface area contributed by atoms with Crippen LogP contribution in [0.2, 0.25) is 0 Å². The van der Waals surface area contributed by atoms with Gasteiger partial charge < -0.3 is 0 Å². The summed E-state index contributed by atoms with van der Waals surface area (Å²) in [4.78, 5) is 10.9. The van der Waals surface area contributed by atoms with E-state index in [4.69, 9.17) is 0 Å². The number of hydrogen-bond donors (Lipinski definition) is 0. The normalized spacial score (nSPS) is 9.36. The van der Waals surface area contributed by atoms with Gasteiger partial charge in [-0.15, -0.1) is 0 Å². The van der Waals surface area contributed by atoms with Gasteiger partial charge in [-0.25, -0.2) is 0 Å². The molecule has 118 valence electrons. The van der Waals surface area contributed by atoms with E-state index in [9.17, 15) is 4.79 Å². The fraction of sp³-hybridized carbons (Fsp3) is 0.286. The lowest BCUT2D eigenvalue weighted by molar-refractivity contribution is -0.112. The molecule has 0 aliphatic carbocycles. The summed E-state index contributed by atoms with van der Waals surface area (Å²) in [5, 5.41) is 0. The third-order valence-corrected chi connectivity index (χ3v) is 2.81. The summed E-state index contributed by atoms with van der Waals surface area (Å²) in [6.07, 6.45) is 3.42. The van der Waals surface area contributed by atoms with E-state index < -0.39 is 0 Å². The van der Waals surface area contributed by atoms with Crippen LogP contribution in [0.4, 0.5) is 0 Å². The number of carbonyl (C=O) groups is 1. The molecule has 0 unspecified atom stereocenters. The van der Waals surface area contributed by atoms with Crippen LogP contribution >= 0.6 is 0 Å². The fourth-order valence-corrected chi connectivity index (χ4v) is 1.75. The van der Waals surface area contributed by atoms with Gasteiger partial charge in [0.2, 0.25) is 0 Å². The topological polar surface area (TPSA) is 17.1 Å². The molecule has 0 aliphatic heterocycles. The maximum atomic E-state index is 10.9. The van der Waals surface area contributed by atoms with Crippen LogP contribution in [-0.2, 0) is 4.79 Å². The molecule has 1 heteroatoms. The highest BCUT2D eigenvalue weighted by Crippen LogP contribution is 2.20. The second-order valence-corrected chi connectivity index (χ2v) is 4.43. The van der Waals surface area contributed by atoms with Crippen LogP contribution in [0.1, 0.15) is 45.7 Å². The lowest BCUT2D eigenvalue weighted by Gasteiger charge is -2.02. The Bertz CT molecular complexity index is 560. The first-order valence-electron chi connectivity index (χ1n) is 8.01. The molecule has 0 saturated carbocycles. The quantitative estimate of drug-likeness (QED) is 0.606. The van der Waals surface area contributed by atoms with Gasteiger partial charge in [-0.05, 0) is 36.6 Å². The van der Waals surface area contributed by atoms with Gasteiger partial charge in [0, 0.05) is 0 Å². The van der Waals surface area contributed by atoms with Crippen molar-refractivity contribution in [3.63, 3.8) is 0 Å². The Kier molecular flexibility index (Phi) is 10.4. The molecule has 2 rings (SSSR count). The third-order valence-electron chi connectivity index (χ3n) is 2.81. The number of ketones is 1. The van der Waals surface area contributed by atoms with Crippen LogP contribution in [0.5, 0.6) is 0 Å². The van der Waals surface area contributed by atoms with Gasteiger partial charge in [-0.2, -0.15) is 0 Å². The summed E-state index contributed by atoms with van der Waals surface area (Å²) in [5.74, 6) is 0.0672. The smallest absolute Gasteiger partial charge is 0.152 e. The molecule has 2 aromatic rings. The van der Waals surface area contributed by atoms with Crippen molar-refractivity contribution in [1.82, 2.24) is 0 Å². The third kappa shape index (κ3) is 7.03. The van der Waals surface area contributed by atoms with Crippen molar-refractivity contribution in [1.29, 1.82) is 0 Å². The molecule has 0 aromatic heterocycles. The molecule has 0 atom stereocenters. The van der Waals surface area contributed by atoms with Gasteiger partial charge in [0.05, 0.1) is 0 Å². The van der Waals surface area contributed by atoms with E-state index in [1.54, 1.807) is 13.0 Å². The Morgan fingerprint density at radius 3 is 1.59 bits per heavy atom. The van der Waals surface area contributed by atoms with Crippen molar-refractivity contribution in [2.75, 3.05) is 0 Å². The van der Waals surface area contributed by atoms with Crippen molar-refractivity contribution in [2.24, 2.45) is 0 Å². The molecular weight excluding hydrogens is 268 g/mol. The monoisotopic (exact) mass is 296 g/mol. The largest absolute Gasteiger partial charge is 0.295 e. The summed E-state index contributed by atoms with van der Waals surface area (Å²) in [6.45, 7) is 11.6. The van der Waals surface area contributed by atoms with Gasteiger partial charge in [0.25, 0.3) is 0 Å². The number of aryl methyl sites for hydroxylation is 1. The lowest BCUT2D eigenvalue weighted by atomic mass is 10.0. The van der Waals surface area contributed by atoms with E-state index in [1.165, 1.54) is 16.7 Å². The highest BCUT2D eigenvalue weighted by atomic mass is 16.1. The van der Waals surface area contributed by atoms with Gasteiger partial charge >= 0.3 is 0 Å². The lowest BCUT2D eigenvalue weighted by Crippen LogP contribution is -1.81. The van der Waals surface area contributed by atoms with Crippen molar-refractivity contribution in [2.45, 2.75) is 41.5 Å². The Hall–Kier alpha value is -2.15. The molecule has 0 amide bonds.